The minimum Gasteiger partial charge on any atom is -0.207 e. The molecule has 1 spiro atoms. The van der Waals surface area contributed by atoms with E-state index in [4.69, 9.17) is 0 Å². The molecule has 0 nitrogen and oxygen atoms in total. The van der Waals surface area contributed by atoms with Crippen LogP contribution >= 0.6 is 0 Å². The minimum absolute atomic E-state index is 0.105. The van der Waals surface area contributed by atoms with Gasteiger partial charge in [0.15, 0.2) is 5.92 Å². The Kier molecular flexibility index (Phi) is 71.8. The van der Waals surface area contributed by atoms with Crippen molar-refractivity contribution in [2.24, 2.45) is 64.1 Å². The monoisotopic (exact) mass is 1420 g/mol. The quantitative estimate of drug-likeness (QED) is 0.181. The van der Waals surface area contributed by atoms with Crippen LogP contribution in [0.25, 0.3) is 0 Å². The maximum atomic E-state index is 12.4. The molecule has 93 heavy (non-hydrogen) atoms. The Balaban J connectivity index is -0.000000102. The standard InChI is InChI=1S/C11H20.C7H13F3.C7H12F2.C6H8F6.2C6H11F3.C5H9F3.C5H12.C4H7F3.2C4H10.C3H8.C2H6/c1-10-4-8-11(9-5-10)6-2-3-7-11;1-4-6(2,3)5-7(8,9)10;1-6-2-4-7(8,9)5-3-6;1-2-3-4(5(7,8)9)6(10,11)12;2*1-3-5(2)4-6(7,8)9;1-3-4(2)5(6,7)8;1-4-5(2)3;1-3(2)4(5,6)7;1-4(2)3;1-3-4-2;1-3-2;1-2/h10H,2-9H2,1H3;4-5H2,1-3H3;6H,2-5H2,1H3;4H,2-3H2,1H3;2*5H,3-4H2,1-2H3;4H,3H2,1-2H3;5H,4H2,1-3H3;3H,1-2H3;4H,1-3H3;3-4H2,1-2H3;3H2,1-2H3;1-2H3. The fraction of sp³-hybridized carbons (Fsp3) is 1.00. The molecule has 3 unspecified atom stereocenters. The zero-order chi connectivity index (χ0) is 76.9. The fourth-order valence-electron chi connectivity index (χ4n) is 6.96. The van der Waals surface area contributed by atoms with Crippen molar-refractivity contribution in [3.05, 3.63) is 0 Å². The van der Waals surface area contributed by atoms with E-state index in [1.807, 2.05) is 20.8 Å². The molecule has 3 fully saturated rings. The molecule has 23 heteroatoms. The van der Waals surface area contributed by atoms with Gasteiger partial charge in [-0.1, -0.05) is 257 Å². The van der Waals surface area contributed by atoms with E-state index in [2.05, 4.69) is 76.2 Å². The van der Waals surface area contributed by atoms with Crippen LogP contribution in [0.1, 0.15) is 341 Å². The largest absolute Gasteiger partial charge is 0.400 e. The lowest BCUT2D eigenvalue weighted by molar-refractivity contribution is -0.285. The Morgan fingerprint density at radius 1 is 0.398 bits per heavy atom. The maximum absolute atomic E-state index is 12.4. The van der Waals surface area contributed by atoms with Gasteiger partial charge in [0.25, 0.3) is 0 Å². The van der Waals surface area contributed by atoms with Gasteiger partial charge in [-0.3, -0.25) is 0 Å². The lowest BCUT2D eigenvalue weighted by Gasteiger charge is -2.36. The Morgan fingerprint density at radius 2 is 0.677 bits per heavy atom. The summed E-state index contributed by atoms with van der Waals surface area (Å²) in [6.45, 7) is 48.2. The SMILES string of the molecule is CC.CC(C)C.CC(C)C(F)(F)F.CC1CCC(F)(F)CC1.CC1CCC2(CCCC2)CC1.CCC.CCC(C)(C)CC(F)(F)F.CCC(C)C.CCC(C)C(F)(F)F.CCC(C)CC(F)(F)F.CCC(C)CC(F)(F)F.CCCC.CCCC(C(F)(F)F)C(F)(F)F. The predicted molar refractivity (Wildman–Crippen MR) is 347 cm³/mol. The number of alkyl halides is 23. The molecule has 0 radical (unpaired) electrons. The summed E-state index contributed by atoms with van der Waals surface area (Å²) >= 11 is 0. The van der Waals surface area contributed by atoms with E-state index >= 15 is 0 Å². The van der Waals surface area contributed by atoms with Crippen LogP contribution in [0, 0.1) is 64.1 Å². The molecule has 3 aliphatic carbocycles. The van der Waals surface area contributed by atoms with Crippen LogP contribution in [0.3, 0.4) is 0 Å². The molecule has 3 atom stereocenters. The second-order valence-electron chi connectivity index (χ2n) is 27.1. The van der Waals surface area contributed by atoms with Gasteiger partial charge >= 0.3 is 43.2 Å². The fourth-order valence-corrected chi connectivity index (χ4v) is 6.96. The highest BCUT2D eigenvalue weighted by Crippen LogP contribution is 2.50. The number of halogens is 23. The van der Waals surface area contributed by atoms with Crippen LogP contribution < -0.4 is 0 Å². The molecule has 3 aliphatic rings. The molecule has 0 aromatic rings. The normalized spacial score (nSPS) is 17.2. The molecule has 0 N–H and O–H groups in total. The third-order valence-electron chi connectivity index (χ3n) is 14.7. The van der Waals surface area contributed by atoms with Gasteiger partial charge < -0.3 is 0 Å². The van der Waals surface area contributed by atoms with Crippen LogP contribution in [-0.4, -0.2) is 49.2 Å². The van der Waals surface area contributed by atoms with Crippen molar-refractivity contribution in [1.82, 2.24) is 0 Å². The number of unbranched alkanes of at least 4 members (excludes halogenated alkanes) is 1. The van der Waals surface area contributed by atoms with Crippen molar-refractivity contribution in [3.63, 3.8) is 0 Å². The predicted octanol–water partition coefficient (Wildman–Crippen LogP) is 32.2. The third kappa shape index (κ3) is 94.6. The van der Waals surface area contributed by atoms with Crippen molar-refractivity contribution >= 4 is 0 Å². The van der Waals surface area contributed by atoms with E-state index in [0.29, 0.717) is 38.0 Å². The van der Waals surface area contributed by atoms with Crippen LogP contribution in [0.5, 0.6) is 0 Å². The minimum atomic E-state index is -5.17. The van der Waals surface area contributed by atoms with E-state index < -0.39 is 98.0 Å². The maximum Gasteiger partial charge on any atom is 0.400 e. The number of hydrogen-bond donors (Lipinski definition) is 0. The first-order valence-corrected chi connectivity index (χ1v) is 34.4. The average Bonchev–Trinajstić information content (AvgIpc) is 1.84. The number of hydrogen-bond acceptors (Lipinski definition) is 0. The van der Waals surface area contributed by atoms with Gasteiger partial charge in [-0.2, -0.15) is 92.2 Å². The summed E-state index contributed by atoms with van der Waals surface area (Å²) in [5.74, 6) is -5.06. The Bertz CT molecular complexity index is 1450. The topological polar surface area (TPSA) is 0 Å². The van der Waals surface area contributed by atoms with Crippen molar-refractivity contribution in [1.29, 1.82) is 0 Å². The average molecular weight is 1420 g/mol. The second-order valence-corrected chi connectivity index (χ2v) is 27.1. The highest BCUT2D eigenvalue weighted by atomic mass is 19.4. The molecule has 3 saturated carbocycles. The van der Waals surface area contributed by atoms with Gasteiger partial charge in [-0.15, -0.1) is 0 Å². The highest BCUT2D eigenvalue weighted by molar-refractivity contribution is 4.88. The Labute approximate surface area is 553 Å². The molecule has 0 aromatic carbocycles. The van der Waals surface area contributed by atoms with E-state index in [-0.39, 0.29) is 37.5 Å². The molecule has 3 rings (SSSR count). The summed E-state index contributed by atoms with van der Waals surface area (Å²) in [4.78, 5) is 0. The van der Waals surface area contributed by atoms with Crippen LogP contribution in [0.2, 0.25) is 0 Å². The van der Waals surface area contributed by atoms with Gasteiger partial charge in [-0.25, -0.2) is 8.78 Å². The van der Waals surface area contributed by atoms with Crippen molar-refractivity contribution in [2.75, 3.05) is 0 Å². The Hall–Kier alpha value is -1.61. The molecular formula is C70H137F23. The molecular weight excluding hydrogens is 1280 g/mol. The molecule has 0 aromatic heterocycles. The van der Waals surface area contributed by atoms with E-state index in [1.165, 1.54) is 72.1 Å². The summed E-state index contributed by atoms with van der Waals surface area (Å²) < 4.78 is 267. The molecule has 0 aliphatic heterocycles. The molecule has 0 heterocycles. The van der Waals surface area contributed by atoms with Crippen LogP contribution in [-0.2, 0) is 0 Å². The molecule has 0 bridgehead atoms. The highest BCUT2D eigenvalue weighted by Gasteiger charge is 2.55. The zero-order valence-corrected chi connectivity index (χ0v) is 62.6. The van der Waals surface area contributed by atoms with E-state index in [9.17, 15) is 101 Å². The van der Waals surface area contributed by atoms with Crippen molar-refractivity contribution in [2.45, 2.75) is 390 Å². The summed E-state index contributed by atoms with van der Waals surface area (Å²) in [7, 11) is 0. The van der Waals surface area contributed by atoms with Gasteiger partial charge in [0.1, 0.15) is 0 Å². The second kappa shape index (κ2) is 59.3. The summed E-state index contributed by atoms with van der Waals surface area (Å²) in [6.07, 6.45) is -12.3. The number of rotatable bonds is 11. The van der Waals surface area contributed by atoms with Gasteiger partial charge in [0, 0.05) is 38.0 Å². The van der Waals surface area contributed by atoms with Crippen LogP contribution in [0.15, 0.2) is 0 Å². The molecule has 578 valence electrons. The van der Waals surface area contributed by atoms with Gasteiger partial charge in [0.2, 0.25) is 5.92 Å². The Morgan fingerprint density at radius 3 is 0.796 bits per heavy atom. The summed E-state index contributed by atoms with van der Waals surface area (Å²) in [5.41, 5.74) is 0.255. The first-order valence-electron chi connectivity index (χ1n) is 34.4. The smallest absolute Gasteiger partial charge is 0.207 e. The first kappa shape index (κ1) is 113. The zero-order valence-electron chi connectivity index (χ0n) is 62.6. The van der Waals surface area contributed by atoms with E-state index in [0.717, 1.165) is 37.0 Å². The molecule has 0 amide bonds. The van der Waals surface area contributed by atoms with Crippen molar-refractivity contribution in [3.8, 4) is 0 Å². The van der Waals surface area contributed by atoms with Crippen molar-refractivity contribution < 1.29 is 101 Å². The molecule has 0 saturated heterocycles. The summed E-state index contributed by atoms with van der Waals surface area (Å²) in [5, 5.41) is 0. The lowest BCUT2D eigenvalue weighted by atomic mass is 9.70. The lowest BCUT2D eigenvalue weighted by Crippen LogP contribution is -2.36. The van der Waals surface area contributed by atoms with Gasteiger partial charge in [-0.05, 0) is 97.7 Å². The van der Waals surface area contributed by atoms with E-state index in [1.54, 1.807) is 74.1 Å². The third-order valence-corrected chi connectivity index (χ3v) is 14.7. The van der Waals surface area contributed by atoms with Gasteiger partial charge in [0.05, 0.1) is 5.92 Å². The summed E-state index contributed by atoms with van der Waals surface area (Å²) in [6, 6.07) is 0. The first-order chi connectivity index (χ1) is 41.5. The van der Waals surface area contributed by atoms with Crippen LogP contribution in [0.4, 0.5) is 101 Å².